The molecule has 0 aliphatic heterocycles. The van der Waals surface area contributed by atoms with E-state index in [0.29, 0.717) is 17.5 Å². The molecule has 0 spiro atoms. The van der Waals surface area contributed by atoms with Crippen LogP contribution in [0.15, 0.2) is 188 Å². The van der Waals surface area contributed by atoms with Gasteiger partial charge >= 0.3 is 0 Å². The smallest absolute Gasteiger partial charge is 0.164 e. The average molecular weight is 614 g/mol. The third-order valence-corrected chi connectivity index (χ3v) is 8.55. The quantitative estimate of drug-likeness (QED) is 0.179. The fraction of sp³-hybridized carbons (Fsp3) is 0. The van der Waals surface area contributed by atoms with Gasteiger partial charge in [0.2, 0.25) is 0 Å². The van der Waals surface area contributed by atoms with Crippen LogP contribution in [0.4, 0.5) is 0 Å². The molecule has 0 unspecified atom stereocenters. The van der Waals surface area contributed by atoms with Gasteiger partial charge in [0.05, 0.1) is 0 Å². The van der Waals surface area contributed by atoms with E-state index < -0.39 is 0 Å². The van der Waals surface area contributed by atoms with E-state index in [9.17, 15) is 0 Å². The molecule has 3 nitrogen and oxygen atoms in total. The van der Waals surface area contributed by atoms with Gasteiger partial charge in [-0.25, -0.2) is 15.0 Å². The Bertz CT molecular complexity index is 2190. The molecule has 0 bridgehead atoms. The van der Waals surface area contributed by atoms with Gasteiger partial charge in [0.1, 0.15) is 0 Å². The first kappa shape index (κ1) is 29.0. The SMILES string of the molecule is c1ccc(-c2nc(-c3cccc(-c4ccccc4-c4ccccc4)c3)nc(-c3cccc(-c4ccccc4-c4ccccc4)c3)n2)cc1. The fourth-order valence-corrected chi connectivity index (χ4v) is 6.21. The number of hydrogen-bond acceptors (Lipinski definition) is 3. The summed E-state index contributed by atoms with van der Waals surface area (Å²) in [7, 11) is 0. The van der Waals surface area contributed by atoms with E-state index in [-0.39, 0.29) is 0 Å². The van der Waals surface area contributed by atoms with Crippen LogP contribution in [0.3, 0.4) is 0 Å². The van der Waals surface area contributed by atoms with Gasteiger partial charge < -0.3 is 0 Å². The third-order valence-electron chi connectivity index (χ3n) is 8.55. The molecule has 0 N–H and O–H groups in total. The number of rotatable bonds is 7. The second-order valence-electron chi connectivity index (χ2n) is 11.7. The molecule has 226 valence electrons. The molecule has 0 amide bonds. The lowest BCUT2D eigenvalue weighted by molar-refractivity contribution is 1.07. The third kappa shape index (κ3) is 5.93. The zero-order chi connectivity index (χ0) is 32.1. The molecule has 48 heavy (non-hydrogen) atoms. The molecular weight excluding hydrogens is 583 g/mol. The molecule has 3 heteroatoms. The summed E-state index contributed by atoms with van der Waals surface area (Å²) in [6.45, 7) is 0. The number of aromatic nitrogens is 3. The van der Waals surface area contributed by atoms with Crippen molar-refractivity contribution in [3.8, 4) is 78.7 Å². The maximum absolute atomic E-state index is 5.11. The van der Waals surface area contributed by atoms with Crippen LogP contribution in [-0.4, -0.2) is 15.0 Å². The lowest BCUT2D eigenvalue weighted by atomic mass is 9.93. The van der Waals surface area contributed by atoms with Gasteiger partial charge in [-0.1, -0.05) is 176 Å². The minimum Gasteiger partial charge on any atom is -0.208 e. The van der Waals surface area contributed by atoms with Crippen LogP contribution in [0.25, 0.3) is 78.7 Å². The highest BCUT2D eigenvalue weighted by Crippen LogP contribution is 2.36. The normalized spacial score (nSPS) is 10.9. The van der Waals surface area contributed by atoms with Crippen molar-refractivity contribution in [3.05, 3.63) is 188 Å². The molecule has 1 heterocycles. The predicted octanol–water partition coefficient (Wildman–Crippen LogP) is 11.5. The molecule has 8 rings (SSSR count). The first-order valence-corrected chi connectivity index (χ1v) is 16.1. The fourth-order valence-electron chi connectivity index (χ4n) is 6.21. The summed E-state index contributed by atoms with van der Waals surface area (Å²) >= 11 is 0. The maximum atomic E-state index is 5.11. The van der Waals surface area contributed by atoms with Crippen molar-refractivity contribution in [3.63, 3.8) is 0 Å². The molecule has 0 saturated heterocycles. The van der Waals surface area contributed by atoms with Crippen molar-refractivity contribution in [2.24, 2.45) is 0 Å². The van der Waals surface area contributed by atoms with Crippen LogP contribution in [-0.2, 0) is 0 Å². The van der Waals surface area contributed by atoms with Crippen LogP contribution in [0.2, 0.25) is 0 Å². The molecule has 0 radical (unpaired) electrons. The summed E-state index contributed by atoms with van der Waals surface area (Å²) in [5.41, 5.74) is 12.1. The highest BCUT2D eigenvalue weighted by Gasteiger charge is 2.15. The minimum atomic E-state index is 0.632. The molecule has 0 aliphatic carbocycles. The number of hydrogen-bond donors (Lipinski definition) is 0. The minimum absolute atomic E-state index is 0.632. The van der Waals surface area contributed by atoms with Gasteiger partial charge in [-0.2, -0.15) is 0 Å². The standard InChI is InChI=1S/C45H31N3/c1-4-16-32(17-5-1)39-26-10-12-28-41(39)35-22-14-24-37(30-35)44-46-43(34-20-8-3-9-21-34)47-45(48-44)38-25-15-23-36(31-38)42-29-13-11-27-40(42)33-18-6-2-7-19-33/h1-31H. The monoisotopic (exact) mass is 613 g/mol. The number of nitrogens with zero attached hydrogens (tertiary/aromatic N) is 3. The van der Waals surface area contributed by atoms with Gasteiger partial charge in [-0.3, -0.25) is 0 Å². The lowest BCUT2D eigenvalue weighted by Crippen LogP contribution is -2.00. The molecule has 1 aromatic heterocycles. The van der Waals surface area contributed by atoms with E-state index in [0.717, 1.165) is 38.9 Å². The molecule has 0 aliphatic rings. The Labute approximate surface area is 280 Å². The lowest BCUT2D eigenvalue weighted by Gasteiger charge is -2.13. The van der Waals surface area contributed by atoms with Crippen LogP contribution in [0.1, 0.15) is 0 Å². The average Bonchev–Trinajstić information content (AvgIpc) is 3.19. The maximum Gasteiger partial charge on any atom is 0.164 e. The Hall–Kier alpha value is -6.45. The zero-order valence-electron chi connectivity index (χ0n) is 26.2. The Morgan fingerprint density at radius 3 is 0.875 bits per heavy atom. The van der Waals surface area contributed by atoms with Crippen molar-refractivity contribution in [1.29, 1.82) is 0 Å². The summed E-state index contributed by atoms with van der Waals surface area (Å²) in [6, 6.07) is 65.2. The molecular formula is C45H31N3. The van der Waals surface area contributed by atoms with E-state index >= 15 is 0 Å². The second kappa shape index (κ2) is 13.1. The summed E-state index contributed by atoms with van der Waals surface area (Å²) in [5.74, 6) is 1.90. The first-order valence-electron chi connectivity index (χ1n) is 16.1. The molecule has 0 atom stereocenters. The first-order chi connectivity index (χ1) is 23.8. The van der Waals surface area contributed by atoms with Crippen molar-refractivity contribution >= 4 is 0 Å². The van der Waals surface area contributed by atoms with E-state index in [4.69, 9.17) is 15.0 Å². The van der Waals surface area contributed by atoms with Gasteiger partial charge in [-0.05, 0) is 56.6 Å². The van der Waals surface area contributed by atoms with Crippen molar-refractivity contribution in [2.75, 3.05) is 0 Å². The molecule has 7 aromatic carbocycles. The van der Waals surface area contributed by atoms with Gasteiger partial charge in [0.25, 0.3) is 0 Å². The molecule has 0 saturated carbocycles. The van der Waals surface area contributed by atoms with Crippen LogP contribution in [0.5, 0.6) is 0 Å². The summed E-state index contributed by atoms with van der Waals surface area (Å²) in [5, 5.41) is 0. The van der Waals surface area contributed by atoms with Crippen molar-refractivity contribution < 1.29 is 0 Å². The summed E-state index contributed by atoms with van der Waals surface area (Å²) in [4.78, 5) is 15.2. The highest BCUT2D eigenvalue weighted by atomic mass is 15.0. The molecule has 0 fully saturated rings. The Morgan fingerprint density at radius 2 is 0.479 bits per heavy atom. The van der Waals surface area contributed by atoms with Crippen molar-refractivity contribution in [2.45, 2.75) is 0 Å². The predicted molar refractivity (Wildman–Crippen MR) is 198 cm³/mol. The van der Waals surface area contributed by atoms with Crippen LogP contribution in [0, 0.1) is 0 Å². The highest BCUT2D eigenvalue weighted by molar-refractivity contribution is 5.86. The Morgan fingerprint density at radius 1 is 0.208 bits per heavy atom. The zero-order valence-corrected chi connectivity index (χ0v) is 26.2. The van der Waals surface area contributed by atoms with Crippen LogP contribution >= 0.6 is 0 Å². The van der Waals surface area contributed by atoms with Crippen molar-refractivity contribution in [1.82, 2.24) is 15.0 Å². The van der Waals surface area contributed by atoms with Gasteiger partial charge in [0.15, 0.2) is 17.5 Å². The van der Waals surface area contributed by atoms with Crippen LogP contribution < -0.4 is 0 Å². The van der Waals surface area contributed by atoms with E-state index in [1.807, 2.05) is 42.5 Å². The van der Waals surface area contributed by atoms with Gasteiger partial charge in [-0.15, -0.1) is 0 Å². The van der Waals surface area contributed by atoms with E-state index in [1.165, 1.54) is 22.3 Å². The molecule has 8 aromatic rings. The summed E-state index contributed by atoms with van der Waals surface area (Å²) in [6.07, 6.45) is 0. The van der Waals surface area contributed by atoms with E-state index in [2.05, 4.69) is 146 Å². The topological polar surface area (TPSA) is 38.7 Å². The summed E-state index contributed by atoms with van der Waals surface area (Å²) < 4.78 is 0. The van der Waals surface area contributed by atoms with Gasteiger partial charge in [0, 0.05) is 16.7 Å². The largest absolute Gasteiger partial charge is 0.208 e. The Kier molecular flexibility index (Phi) is 7.92. The second-order valence-corrected chi connectivity index (χ2v) is 11.7. The van der Waals surface area contributed by atoms with E-state index in [1.54, 1.807) is 0 Å². The number of benzene rings is 7. The Balaban J connectivity index is 1.25.